The van der Waals surface area contributed by atoms with Gasteiger partial charge in [-0.25, -0.2) is 4.79 Å². The normalized spacial score (nSPS) is 13.0. The Morgan fingerprint density at radius 3 is 2.11 bits per heavy atom. The third-order valence-corrected chi connectivity index (χ3v) is 3.65. The molecule has 2 amide bonds. The van der Waals surface area contributed by atoms with Crippen molar-refractivity contribution in [2.24, 2.45) is 0 Å². The van der Waals surface area contributed by atoms with Crippen LogP contribution in [0.3, 0.4) is 0 Å². The molecular formula is C13H26N2O3. The molecule has 0 aromatic heterocycles. The third-order valence-electron chi connectivity index (χ3n) is 3.65. The first-order valence-corrected chi connectivity index (χ1v) is 6.43. The van der Waals surface area contributed by atoms with Crippen molar-refractivity contribution in [3.63, 3.8) is 0 Å². The molecule has 0 aliphatic heterocycles. The van der Waals surface area contributed by atoms with Crippen molar-refractivity contribution >= 4 is 12.0 Å². The summed E-state index contributed by atoms with van der Waals surface area (Å²) in [6.07, 6.45) is 0.820. The molecule has 0 aliphatic carbocycles. The molecule has 0 radical (unpaired) electrons. The zero-order valence-corrected chi connectivity index (χ0v) is 12.4. The first-order chi connectivity index (χ1) is 8.17. The fourth-order valence-corrected chi connectivity index (χ4v) is 1.69. The Bertz CT molecular complexity index is 303. The minimum atomic E-state index is -0.883. The Kier molecular flexibility index (Phi) is 6.15. The molecule has 0 spiro atoms. The number of carboxylic acid groups (broad SMARTS) is 1. The zero-order chi connectivity index (χ0) is 14.5. The zero-order valence-electron chi connectivity index (χ0n) is 12.4. The highest BCUT2D eigenvalue weighted by molar-refractivity contribution is 5.76. The SMILES string of the molecule is CCN(C(=O)N(C)C(C)(C)CC)C(C)CC(=O)O. The number of amides is 2. The van der Waals surface area contributed by atoms with E-state index in [-0.39, 0.29) is 24.0 Å². The van der Waals surface area contributed by atoms with Gasteiger partial charge in [0.1, 0.15) is 0 Å². The van der Waals surface area contributed by atoms with E-state index in [9.17, 15) is 9.59 Å². The summed E-state index contributed by atoms with van der Waals surface area (Å²) in [5.41, 5.74) is -0.229. The van der Waals surface area contributed by atoms with E-state index in [2.05, 4.69) is 0 Å². The summed E-state index contributed by atoms with van der Waals surface area (Å²) in [4.78, 5) is 26.4. The summed E-state index contributed by atoms with van der Waals surface area (Å²) in [7, 11) is 1.77. The molecule has 0 heterocycles. The lowest BCUT2D eigenvalue weighted by atomic mass is 10.0. The lowest BCUT2D eigenvalue weighted by Crippen LogP contribution is -2.53. The molecule has 0 rings (SSSR count). The Labute approximate surface area is 110 Å². The maximum atomic E-state index is 12.4. The summed E-state index contributed by atoms with van der Waals surface area (Å²) >= 11 is 0. The van der Waals surface area contributed by atoms with Gasteiger partial charge in [-0.05, 0) is 34.1 Å². The van der Waals surface area contributed by atoms with Crippen LogP contribution in [0.1, 0.15) is 47.5 Å². The average molecular weight is 258 g/mol. The predicted molar refractivity (Wildman–Crippen MR) is 71.6 cm³/mol. The lowest BCUT2D eigenvalue weighted by molar-refractivity contribution is -0.138. The van der Waals surface area contributed by atoms with Crippen LogP contribution >= 0.6 is 0 Å². The summed E-state index contributed by atoms with van der Waals surface area (Å²) in [5.74, 6) is -0.883. The van der Waals surface area contributed by atoms with Gasteiger partial charge >= 0.3 is 12.0 Å². The molecule has 1 unspecified atom stereocenters. The van der Waals surface area contributed by atoms with Crippen molar-refractivity contribution in [2.75, 3.05) is 13.6 Å². The van der Waals surface area contributed by atoms with Gasteiger partial charge in [0.25, 0.3) is 0 Å². The number of hydrogen-bond acceptors (Lipinski definition) is 2. The highest BCUT2D eigenvalue weighted by Crippen LogP contribution is 2.19. The van der Waals surface area contributed by atoms with Gasteiger partial charge in [0.05, 0.1) is 6.42 Å². The summed E-state index contributed by atoms with van der Waals surface area (Å²) < 4.78 is 0. The largest absolute Gasteiger partial charge is 0.481 e. The highest BCUT2D eigenvalue weighted by Gasteiger charge is 2.31. The van der Waals surface area contributed by atoms with Gasteiger partial charge in [0.2, 0.25) is 0 Å². The number of carbonyl (C=O) groups is 2. The van der Waals surface area contributed by atoms with E-state index >= 15 is 0 Å². The molecule has 0 fully saturated rings. The fourth-order valence-electron chi connectivity index (χ4n) is 1.69. The van der Waals surface area contributed by atoms with Crippen LogP contribution in [0, 0.1) is 0 Å². The van der Waals surface area contributed by atoms with Crippen LogP contribution < -0.4 is 0 Å². The first kappa shape index (κ1) is 16.7. The summed E-state index contributed by atoms with van der Waals surface area (Å²) in [5, 5.41) is 8.80. The molecule has 0 aliphatic rings. The van der Waals surface area contributed by atoms with Crippen molar-refractivity contribution in [1.29, 1.82) is 0 Å². The van der Waals surface area contributed by atoms with Crippen molar-refractivity contribution in [3.05, 3.63) is 0 Å². The van der Waals surface area contributed by atoms with Gasteiger partial charge in [-0.15, -0.1) is 0 Å². The summed E-state index contributed by atoms with van der Waals surface area (Å²) in [6.45, 7) is 10.2. The molecule has 0 aromatic carbocycles. The van der Waals surface area contributed by atoms with Gasteiger partial charge in [0.15, 0.2) is 0 Å². The number of hydrogen-bond donors (Lipinski definition) is 1. The van der Waals surface area contributed by atoms with Gasteiger partial charge in [0, 0.05) is 25.2 Å². The molecule has 1 atom stereocenters. The minimum absolute atomic E-state index is 0.0278. The predicted octanol–water partition coefficient (Wildman–Crippen LogP) is 2.41. The standard InChI is InChI=1S/C13H26N2O3/c1-7-13(4,5)14(6)12(18)15(8-2)10(3)9-11(16)17/h10H,7-9H2,1-6H3,(H,16,17). The number of rotatable bonds is 6. The minimum Gasteiger partial charge on any atom is -0.481 e. The number of carbonyl (C=O) groups excluding carboxylic acids is 1. The number of nitrogens with zero attached hydrogens (tertiary/aromatic N) is 2. The van der Waals surface area contributed by atoms with E-state index in [1.807, 2.05) is 27.7 Å². The monoisotopic (exact) mass is 258 g/mol. The van der Waals surface area contributed by atoms with Crippen molar-refractivity contribution in [1.82, 2.24) is 9.80 Å². The second-order valence-electron chi connectivity index (χ2n) is 5.24. The van der Waals surface area contributed by atoms with E-state index in [1.165, 1.54) is 0 Å². The number of aliphatic carboxylic acids is 1. The van der Waals surface area contributed by atoms with E-state index in [4.69, 9.17) is 5.11 Å². The van der Waals surface area contributed by atoms with Gasteiger partial charge in [-0.2, -0.15) is 0 Å². The molecular weight excluding hydrogens is 232 g/mol. The van der Waals surface area contributed by atoms with Crippen molar-refractivity contribution in [3.8, 4) is 0 Å². The number of urea groups is 1. The Morgan fingerprint density at radius 1 is 1.28 bits per heavy atom. The summed E-state index contributed by atoms with van der Waals surface area (Å²) in [6, 6.07) is -0.409. The molecule has 0 saturated carbocycles. The van der Waals surface area contributed by atoms with Crippen LogP contribution in [0.25, 0.3) is 0 Å². The van der Waals surface area contributed by atoms with Crippen molar-refractivity contribution in [2.45, 2.75) is 59.0 Å². The molecule has 0 aromatic rings. The van der Waals surface area contributed by atoms with Crippen LogP contribution in [0.2, 0.25) is 0 Å². The van der Waals surface area contributed by atoms with Gasteiger partial charge < -0.3 is 14.9 Å². The van der Waals surface area contributed by atoms with E-state index in [1.54, 1.807) is 23.8 Å². The van der Waals surface area contributed by atoms with Crippen LogP contribution in [-0.2, 0) is 4.79 Å². The second kappa shape index (κ2) is 6.61. The van der Waals surface area contributed by atoms with E-state index in [0.717, 1.165) is 6.42 Å². The van der Waals surface area contributed by atoms with Crippen LogP contribution in [0.5, 0.6) is 0 Å². The smallest absolute Gasteiger partial charge is 0.320 e. The van der Waals surface area contributed by atoms with Crippen LogP contribution in [0.4, 0.5) is 4.79 Å². The molecule has 5 nitrogen and oxygen atoms in total. The molecule has 106 valence electrons. The topological polar surface area (TPSA) is 60.9 Å². The average Bonchev–Trinajstić information content (AvgIpc) is 2.27. The third kappa shape index (κ3) is 4.20. The van der Waals surface area contributed by atoms with Gasteiger partial charge in [-0.1, -0.05) is 6.92 Å². The molecule has 0 saturated heterocycles. The Balaban J connectivity index is 4.86. The Morgan fingerprint density at radius 2 is 1.78 bits per heavy atom. The lowest BCUT2D eigenvalue weighted by Gasteiger charge is -2.40. The maximum absolute atomic E-state index is 12.4. The van der Waals surface area contributed by atoms with Crippen LogP contribution in [0.15, 0.2) is 0 Å². The van der Waals surface area contributed by atoms with Gasteiger partial charge in [-0.3, -0.25) is 4.79 Å². The molecule has 5 heteroatoms. The molecule has 0 bridgehead atoms. The quantitative estimate of drug-likeness (QED) is 0.796. The Hall–Kier alpha value is -1.26. The molecule has 1 N–H and O–H groups in total. The first-order valence-electron chi connectivity index (χ1n) is 6.43. The van der Waals surface area contributed by atoms with E-state index < -0.39 is 5.97 Å². The maximum Gasteiger partial charge on any atom is 0.320 e. The number of carboxylic acids is 1. The second-order valence-corrected chi connectivity index (χ2v) is 5.24. The van der Waals surface area contributed by atoms with E-state index in [0.29, 0.717) is 6.54 Å². The highest BCUT2D eigenvalue weighted by atomic mass is 16.4. The van der Waals surface area contributed by atoms with Crippen LogP contribution in [-0.4, -0.2) is 52.1 Å². The van der Waals surface area contributed by atoms with Crippen molar-refractivity contribution < 1.29 is 14.7 Å². The fraction of sp³-hybridized carbons (Fsp3) is 0.846. The molecule has 18 heavy (non-hydrogen) atoms.